The standard InChI is InChI=1S/C6H6IN3O3/c1-2-3(7)9-4(6(11)12)10-5(2)13-8/h8H2,1H3,(H,11,12). The van der Waals surface area contributed by atoms with Crippen LogP contribution in [0, 0.1) is 10.6 Å². The first-order valence-corrected chi connectivity index (χ1v) is 4.28. The minimum atomic E-state index is -1.21. The number of carboxylic acids is 1. The van der Waals surface area contributed by atoms with Crippen molar-refractivity contribution in [3.63, 3.8) is 0 Å². The molecule has 0 aliphatic carbocycles. The van der Waals surface area contributed by atoms with E-state index in [1.807, 2.05) is 22.6 Å². The molecule has 7 heteroatoms. The maximum Gasteiger partial charge on any atom is 0.374 e. The highest BCUT2D eigenvalue weighted by Crippen LogP contribution is 2.18. The minimum Gasteiger partial charge on any atom is -0.475 e. The number of aromatic carboxylic acids is 1. The lowest BCUT2D eigenvalue weighted by atomic mass is 10.4. The summed E-state index contributed by atoms with van der Waals surface area (Å²) in [6, 6.07) is 0. The number of rotatable bonds is 2. The number of carboxylic acid groups (broad SMARTS) is 1. The monoisotopic (exact) mass is 295 g/mol. The number of carbonyl (C=O) groups is 1. The van der Waals surface area contributed by atoms with Gasteiger partial charge in [-0.25, -0.2) is 9.78 Å². The van der Waals surface area contributed by atoms with Crippen molar-refractivity contribution < 1.29 is 14.7 Å². The van der Waals surface area contributed by atoms with Gasteiger partial charge < -0.3 is 9.94 Å². The van der Waals surface area contributed by atoms with Crippen molar-refractivity contribution in [1.29, 1.82) is 0 Å². The van der Waals surface area contributed by atoms with E-state index in [4.69, 9.17) is 11.0 Å². The summed E-state index contributed by atoms with van der Waals surface area (Å²) in [5, 5.41) is 8.60. The molecule has 0 aliphatic heterocycles. The Labute approximate surface area is 87.2 Å². The Hall–Kier alpha value is -0.960. The summed E-state index contributed by atoms with van der Waals surface area (Å²) < 4.78 is 0.505. The smallest absolute Gasteiger partial charge is 0.374 e. The maximum atomic E-state index is 10.5. The van der Waals surface area contributed by atoms with Gasteiger partial charge in [0.15, 0.2) is 0 Å². The second-order valence-corrected chi connectivity index (χ2v) is 3.21. The summed E-state index contributed by atoms with van der Waals surface area (Å²) in [7, 11) is 0. The Bertz CT molecular complexity index is 355. The quantitative estimate of drug-likeness (QED) is 0.464. The van der Waals surface area contributed by atoms with Gasteiger partial charge in [-0.15, -0.1) is 0 Å². The molecule has 0 aromatic carbocycles. The number of hydrogen-bond donors (Lipinski definition) is 2. The van der Waals surface area contributed by atoms with Crippen molar-refractivity contribution in [3.05, 3.63) is 15.1 Å². The van der Waals surface area contributed by atoms with Gasteiger partial charge in [-0.3, -0.25) is 0 Å². The molecule has 0 fully saturated rings. The summed E-state index contributed by atoms with van der Waals surface area (Å²) in [6.07, 6.45) is 0. The number of hydrogen-bond acceptors (Lipinski definition) is 5. The lowest BCUT2D eigenvalue weighted by Gasteiger charge is -2.04. The molecule has 0 saturated carbocycles. The fraction of sp³-hybridized carbons (Fsp3) is 0.167. The van der Waals surface area contributed by atoms with Crippen molar-refractivity contribution in [2.24, 2.45) is 5.90 Å². The number of nitrogens with zero attached hydrogens (tertiary/aromatic N) is 2. The van der Waals surface area contributed by atoms with E-state index in [1.54, 1.807) is 6.92 Å². The van der Waals surface area contributed by atoms with E-state index < -0.39 is 5.97 Å². The average Bonchev–Trinajstić information content (AvgIpc) is 2.09. The molecule has 1 aromatic rings. The van der Waals surface area contributed by atoms with Crippen LogP contribution in [0.5, 0.6) is 5.88 Å². The molecule has 0 spiro atoms. The third-order valence-electron chi connectivity index (χ3n) is 1.34. The molecule has 1 heterocycles. The van der Waals surface area contributed by atoms with Gasteiger partial charge in [-0.05, 0) is 29.5 Å². The van der Waals surface area contributed by atoms with Crippen molar-refractivity contribution in [3.8, 4) is 5.88 Å². The molecule has 6 nitrogen and oxygen atoms in total. The molecular weight excluding hydrogens is 289 g/mol. The van der Waals surface area contributed by atoms with Gasteiger partial charge in [0.2, 0.25) is 11.7 Å². The molecule has 0 bridgehead atoms. The van der Waals surface area contributed by atoms with Gasteiger partial charge in [0.05, 0.1) is 0 Å². The van der Waals surface area contributed by atoms with E-state index in [0.29, 0.717) is 9.26 Å². The van der Waals surface area contributed by atoms with Gasteiger partial charge in [0.1, 0.15) is 3.70 Å². The van der Waals surface area contributed by atoms with Crippen LogP contribution in [0.1, 0.15) is 16.2 Å². The van der Waals surface area contributed by atoms with Crippen molar-refractivity contribution in [2.45, 2.75) is 6.92 Å². The summed E-state index contributed by atoms with van der Waals surface area (Å²) >= 11 is 1.88. The van der Waals surface area contributed by atoms with Gasteiger partial charge >= 0.3 is 5.97 Å². The Morgan fingerprint density at radius 1 is 1.62 bits per heavy atom. The Morgan fingerprint density at radius 3 is 2.69 bits per heavy atom. The molecule has 3 N–H and O–H groups in total. The van der Waals surface area contributed by atoms with Crippen LogP contribution >= 0.6 is 22.6 Å². The van der Waals surface area contributed by atoms with Gasteiger partial charge in [0, 0.05) is 5.56 Å². The molecule has 70 valence electrons. The fourth-order valence-corrected chi connectivity index (χ4v) is 1.14. The van der Waals surface area contributed by atoms with E-state index in [2.05, 4.69) is 14.8 Å². The summed E-state index contributed by atoms with van der Waals surface area (Å²) in [6.45, 7) is 1.69. The van der Waals surface area contributed by atoms with Crippen molar-refractivity contribution in [1.82, 2.24) is 9.97 Å². The third-order valence-corrected chi connectivity index (χ3v) is 2.39. The molecule has 13 heavy (non-hydrogen) atoms. The zero-order valence-corrected chi connectivity index (χ0v) is 8.77. The number of aromatic nitrogens is 2. The molecule has 0 aliphatic rings. The van der Waals surface area contributed by atoms with E-state index in [1.165, 1.54) is 0 Å². The first-order valence-electron chi connectivity index (χ1n) is 3.20. The predicted octanol–water partition coefficient (Wildman–Crippen LogP) is 0.340. The topological polar surface area (TPSA) is 98.3 Å². The van der Waals surface area contributed by atoms with Crippen LogP contribution < -0.4 is 10.7 Å². The summed E-state index contributed by atoms with van der Waals surface area (Å²) in [5.74, 6) is 3.45. The number of halogens is 1. The zero-order valence-electron chi connectivity index (χ0n) is 6.61. The average molecular weight is 295 g/mol. The van der Waals surface area contributed by atoms with E-state index >= 15 is 0 Å². The molecule has 1 aromatic heterocycles. The van der Waals surface area contributed by atoms with Gasteiger partial charge in [0.25, 0.3) is 0 Å². The fourth-order valence-electron chi connectivity index (χ4n) is 0.680. The van der Waals surface area contributed by atoms with Crippen molar-refractivity contribution in [2.75, 3.05) is 0 Å². The molecule has 0 atom stereocenters. The van der Waals surface area contributed by atoms with Crippen LogP contribution in [0.2, 0.25) is 0 Å². The molecular formula is C6H6IN3O3. The van der Waals surface area contributed by atoms with E-state index in [-0.39, 0.29) is 11.7 Å². The Balaban J connectivity index is 3.30. The molecule has 0 unspecified atom stereocenters. The second-order valence-electron chi connectivity index (χ2n) is 2.19. The SMILES string of the molecule is Cc1c(I)nc(C(=O)O)nc1ON. The summed E-state index contributed by atoms with van der Waals surface area (Å²) in [4.78, 5) is 22.2. The molecule has 0 radical (unpaired) electrons. The highest BCUT2D eigenvalue weighted by Gasteiger charge is 2.14. The zero-order chi connectivity index (χ0) is 10.0. The maximum absolute atomic E-state index is 10.5. The van der Waals surface area contributed by atoms with Gasteiger partial charge in [-0.1, -0.05) is 0 Å². The van der Waals surface area contributed by atoms with Crippen LogP contribution in [0.4, 0.5) is 0 Å². The Kier molecular flexibility index (Phi) is 2.98. The molecule has 1 rings (SSSR count). The van der Waals surface area contributed by atoms with E-state index in [9.17, 15) is 4.79 Å². The van der Waals surface area contributed by atoms with Crippen LogP contribution in [0.3, 0.4) is 0 Å². The third kappa shape index (κ3) is 2.04. The molecule has 0 amide bonds. The van der Waals surface area contributed by atoms with Crippen LogP contribution in [0.15, 0.2) is 0 Å². The minimum absolute atomic E-state index is 0.0804. The summed E-state index contributed by atoms with van der Waals surface area (Å²) in [5.41, 5.74) is 0.619. The van der Waals surface area contributed by atoms with E-state index in [0.717, 1.165) is 0 Å². The highest BCUT2D eigenvalue weighted by atomic mass is 127. The predicted molar refractivity (Wildman–Crippen MR) is 51.3 cm³/mol. The lowest BCUT2D eigenvalue weighted by Crippen LogP contribution is -2.12. The van der Waals surface area contributed by atoms with Crippen molar-refractivity contribution >= 4 is 28.6 Å². The highest BCUT2D eigenvalue weighted by molar-refractivity contribution is 14.1. The first-order chi connectivity index (χ1) is 6.06. The van der Waals surface area contributed by atoms with Crippen LogP contribution in [-0.2, 0) is 0 Å². The normalized spacial score (nSPS) is 9.77. The number of nitrogens with two attached hydrogens (primary N) is 1. The largest absolute Gasteiger partial charge is 0.475 e. The van der Waals surface area contributed by atoms with Gasteiger partial charge in [-0.2, -0.15) is 10.9 Å². The molecule has 0 saturated heterocycles. The van der Waals surface area contributed by atoms with Crippen LogP contribution in [-0.4, -0.2) is 21.0 Å². The lowest BCUT2D eigenvalue weighted by molar-refractivity contribution is 0.0681. The second kappa shape index (κ2) is 3.83. The Morgan fingerprint density at radius 2 is 2.23 bits per heavy atom. The first kappa shape index (κ1) is 10.1. The van der Waals surface area contributed by atoms with Crippen LogP contribution in [0.25, 0.3) is 0 Å².